The first-order valence-corrected chi connectivity index (χ1v) is 6.10. The van der Waals surface area contributed by atoms with Crippen LogP contribution in [0.1, 0.15) is 21.6 Å². The van der Waals surface area contributed by atoms with Crippen LogP contribution in [0.4, 0.5) is 5.82 Å². The second-order valence-corrected chi connectivity index (χ2v) is 4.43. The van der Waals surface area contributed by atoms with Crippen molar-refractivity contribution in [3.05, 3.63) is 59.3 Å². The Bertz CT molecular complexity index is 653. The third-order valence-corrected chi connectivity index (χ3v) is 2.68. The van der Waals surface area contributed by atoms with Crippen LogP contribution in [0, 0.1) is 6.92 Å². The second-order valence-electron chi connectivity index (χ2n) is 4.43. The van der Waals surface area contributed by atoms with E-state index in [0.717, 1.165) is 11.1 Å². The van der Waals surface area contributed by atoms with Gasteiger partial charge < -0.3 is 10.4 Å². The van der Waals surface area contributed by atoms with E-state index in [0.29, 0.717) is 0 Å². The van der Waals surface area contributed by atoms with Crippen molar-refractivity contribution in [2.24, 2.45) is 0 Å². The SMILES string of the molecule is Cc1cccc(CC(=O)Nc2cccc(C(=O)O)n2)c1. The molecule has 5 heteroatoms. The second kappa shape index (κ2) is 5.97. The highest BCUT2D eigenvalue weighted by molar-refractivity contribution is 5.92. The highest BCUT2D eigenvalue weighted by Crippen LogP contribution is 2.08. The predicted octanol–water partition coefficient (Wildman–Crippen LogP) is 2.27. The molecular formula is C15H14N2O3. The number of carboxylic acid groups (broad SMARTS) is 1. The summed E-state index contributed by atoms with van der Waals surface area (Å²) in [7, 11) is 0. The predicted molar refractivity (Wildman–Crippen MR) is 74.7 cm³/mol. The minimum atomic E-state index is -1.13. The molecule has 1 amide bonds. The van der Waals surface area contributed by atoms with E-state index in [1.807, 2.05) is 31.2 Å². The van der Waals surface area contributed by atoms with Gasteiger partial charge >= 0.3 is 5.97 Å². The van der Waals surface area contributed by atoms with Gasteiger partial charge in [0.15, 0.2) is 5.69 Å². The first kappa shape index (κ1) is 13.7. The molecule has 20 heavy (non-hydrogen) atoms. The molecule has 0 aliphatic carbocycles. The third kappa shape index (κ3) is 3.65. The maximum absolute atomic E-state index is 11.9. The van der Waals surface area contributed by atoms with Crippen molar-refractivity contribution in [3.63, 3.8) is 0 Å². The summed E-state index contributed by atoms with van der Waals surface area (Å²) in [6.07, 6.45) is 0.223. The number of aromatic nitrogens is 1. The summed E-state index contributed by atoms with van der Waals surface area (Å²) >= 11 is 0. The average molecular weight is 270 g/mol. The Labute approximate surface area is 116 Å². The van der Waals surface area contributed by atoms with Gasteiger partial charge in [-0.05, 0) is 24.6 Å². The Hall–Kier alpha value is -2.69. The van der Waals surface area contributed by atoms with Gasteiger partial charge in [0, 0.05) is 0 Å². The molecule has 2 aromatic rings. The number of amides is 1. The van der Waals surface area contributed by atoms with E-state index in [1.54, 1.807) is 12.1 Å². The molecule has 5 nitrogen and oxygen atoms in total. The van der Waals surface area contributed by atoms with Gasteiger partial charge in [-0.3, -0.25) is 4.79 Å². The molecule has 1 aromatic carbocycles. The Kier molecular flexibility index (Phi) is 4.10. The summed E-state index contributed by atoms with van der Waals surface area (Å²) in [5.41, 5.74) is 1.89. The van der Waals surface area contributed by atoms with Crippen LogP contribution in [0.15, 0.2) is 42.5 Å². The van der Waals surface area contributed by atoms with Crippen LogP contribution in [0.5, 0.6) is 0 Å². The fourth-order valence-electron chi connectivity index (χ4n) is 1.82. The fourth-order valence-corrected chi connectivity index (χ4v) is 1.82. The average Bonchev–Trinajstić information content (AvgIpc) is 2.38. The van der Waals surface area contributed by atoms with Crippen LogP contribution >= 0.6 is 0 Å². The number of hydrogen-bond acceptors (Lipinski definition) is 3. The van der Waals surface area contributed by atoms with Crippen molar-refractivity contribution in [2.75, 3.05) is 5.32 Å². The summed E-state index contributed by atoms with van der Waals surface area (Å²) in [5, 5.41) is 11.4. The standard InChI is InChI=1S/C15H14N2O3/c1-10-4-2-5-11(8-10)9-14(18)17-13-7-3-6-12(16-13)15(19)20/h2-8H,9H2,1H3,(H,19,20)(H,16,17,18). The van der Waals surface area contributed by atoms with Gasteiger partial charge in [0.2, 0.25) is 5.91 Å². The smallest absolute Gasteiger partial charge is 0.354 e. The fraction of sp³-hybridized carbons (Fsp3) is 0.133. The Morgan fingerprint density at radius 3 is 2.65 bits per heavy atom. The van der Waals surface area contributed by atoms with Gasteiger partial charge in [-0.25, -0.2) is 9.78 Å². The molecule has 0 unspecified atom stereocenters. The normalized spacial score (nSPS) is 10.1. The first-order valence-electron chi connectivity index (χ1n) is 6.10. The largest absolute Gasteiger partial charge is 0.477 e. The molecule has 0 saturated carbocycles. The molecule has 0 bridgehead atoms. The molecule has 0 radical (unpaired) electrons. The van der Waals surface area contributed by atoms with Crippen molar-refractivity contribution < 1.29 is 14.7 Å². The van der Waals surface area contributed by atoms with Crippen LogP contribution in [0.2, 0.25) is 0 Å². The topological polar surface area (TPSA) is 79.3 Å². The molecule has 0 atom stereocenters. The van der Waals surface area contributed by atoms with Crippen LogP contribution in [0.25, 0.3) is 0 Å². The van der Waals surface area contributed by atoms with Crippen LogP contribution in [0.3, 0.4) is 0 Å². The summed E-state index contributed by atoms with van der Waals surface area (Å²) < 4.78 is 0. The van der Waals surface area contributed by atoms with E-state index in [4.69, 9.17) is 5.11 Å². The molecule has 1 heterocycles. The molecule has 0 fully saturated rings. The van der Waals surface area contributed by atoms with E-state index >= 15 is 0 Å². The summed E-state index contributed by atoms with van der Waals surface area (Å²) in [4.78, 5) is 26.5. The Morgan fingerprint density at radius 1 is 1.20 bits per heavy atom. The van der Waals surface area contributed by atoms with Crippen molar-refractivity contribution in [1.82, 2.24) is 4.98 Å². The number of benzene rings is 1. The van der Waals surface area contributed by atoms with Crippen molar-refractivity contribution in [1.29, 1.82) is 0 Å². The van der Waals surface area contributed by atoms with Gasteiger partial charge in [0.05, 0.1) is 6.42 Å². The van der Waals surface area contributed by atoms with E-state index < -0.39 is 5.97 Å². The Morgan fingerprint density at radius 2 is 1.95 bits per heavy atom. The molecule has 0 aliphatic heterocycles. The zero-order valence-electron chi connectivity index (χ0n) is 11.0. The monoisotopic (exact) mass is 270 g/mol. The quantitative estimate of drug-likeness (QED) is 0.893. The van der Waals surface area contributed by atoms with Crippen LogP contribution in [-0.4, -0.2) is 22.0 Å². The lowest BCUT2D eigenvalue weighted by molar-refractivity contribution is -0.115. The summed E-state index contributed by atoms with van der Waals surface area (Å²) in [6, 6.07) is 12.1. The molecular weight excluding hydrogens is 256 g/mol. The third-order valence-electron chi connectivity index (χ3n) is 2.68. The number of aromatic carboxylic acids is 1. The number of carboxylic acids is 1. The van der Waals surface area contributed by atoms with Crippen molar-refractivity contribution in [2.45, 2.75) is 13.3 Å². The zero-order valence-corrected chi connectivity index (χ0v) is 11.0. The number of nitrogens with zero attached hydrogens (tertiary/aromatic N) is 1. The number of hydrogen-bond donors (Lipinski definition) is 2. The van der Waals surface area contributed by atoms with Gasteiger partial charge in [-0.15, -0.1) is 0 Å². The lowest BCUT2D eigenvalue weighted by Gasteiger charge is -2.05. The number of carbonyl (C=O) groups excluding carboxylic acids is 1. The minimum absolute atomic E-state index is 0.0987. The lowest BCUT2D eigenvalue weighted by Crippen LogP contribution is -2.16. The molecule has 2 N–H and O–H groups in total. The molecule has 1 aromatic heterocycles. The van der Waals surface area contributed by atoms with E-state index in [9.17, 15) is 9.59 Å². The maximum atomic E-state index is 11.9. The van der Waals surface area contributed by atoms with Gasteiger partial charge in [0.25, 0.3) is 0 Å². The lowest BCUT2D eigenvalue weighted by atomic mass is 10.1. The zero-order chi connectivity index (χ0) is 14.5. The first-order chi connectivity index (χ1) is 9.54. The minimum Gasteiger partial charge on any atom is -0.477 e. The number of aryl methyl sites for hydroxylation is 1. The maximum Gasteiger partial charge on any atom is 0.354 e. The van der Waals surface area contributed by atoms with E-state index in [2.05, 4.69) is 10.3 Å². The van der Waals surface area contributed by atoms with Gasteiger partial charge in [-0.2, -0.15) is 0 Å². The highest BCUT2D eigenvalue weighted by Gasteiger charge is 2.08. The molecule has 102 valence electrons. The van der Waals surface area contributed by atoms with Crippen molar-refractivity contribution >= 4 is 17.7 Å². The molecule has 0 aliphatic rings. The molecule has 0 saturated heterocycles. The highest BCUT2D eigenvalue weighted by atomic mass is 16.4. The summed E-state index contributed by atoms with van der Waals surface area (Å²) in [6.45, 7) is 1.96. The van der Waals surface area contributed by atoms with Crippen LogP contribution in [-0.2, 0) is 11.2 Å². The number of nitrogens with one attached hydrogen (secondary N) is 1. The number of pyridine rings is 1. The van der Waals surface area contributed by atoms with Gasteiger partial charge in [0.1, 0.15) is 5.82 Å². The molecule has 0 spiro atoms. The molecule has 2 rings (SSSR count). The Balaban J connectivity index is 2.04. The van der Waals surface area contributed by atoms with E-state index in [1.165, 1.54) is 6.07 Å². The van der Waals surface area contributed by atoms with Crippen molar-refractivity contribution in [3.8, 4) is 0 Å². The van der Waals surface area contributed by atoms with E-state index in [-0.39, 0.29) is 23.8 Å². The van der Waals surface area contributed by atoms with Gasteiger partial charge in [-0.1, -0.05) is 35.9 Å². The van der Waals surface area contributed by atoms with Crippen LogP contribution < -0.4 is 5.32 Å². The summed E-state index contributed by atoms with van der Waals surface area (Å²) in [5.74, 6) is -1.12. The number of rotatable bonds is 4. The number of carbonyl (C=O) groups is 2. The number of anilines is 1.